The van der Waals surface area contributed by atoms with Crippen molar-refractivity contribution in [2.75, 3.05) is 20.6 Å². The summed E-state index contributed by atoms with van der Waals surface area (Å²) in [5.41, 5.74) is 0.526. The molecule has 1 heterocycles. The molecule has 0 fully saturated rings. The van der Waals surface area contributed by atoms with Crippen molar-refractivity contribution in [1.82, 2.24) is 10.2 Å². The number of rotatable bonds is 6. The maximum Gasteiger partial charge on any atom is 0.129 e. The Morgan fingerprint density at radius 2 is 2.10 bits per heavy atom. The molecular weight excluding hydrogens is 295 g/mol. The molecule has 0 saturated carbocycles. The minimum absolute atomic E-state index is 0.262. The topological polar surface area (TPSA) is 15.3 Å². The number of thiophene rings is 1. The minimum atomic E-state index is -0.262. The van der Waals surface area contributed by atoms with Gasteiger partial charge in [0.2, 0.25) is 0 Å². The van der Waals surface area contributed by atoms with E-state index in [2.05, 4.69) is 21.7 Å². The molecule has 0 aliphatic rings. The van der Waals surface area contributed by atoms with Gasteiger partial charge < -0.3 is 10.2 Å². The molecule has 1 N–H and O–H groups in total. The minimum Gasteiger partial charge on any atom is -0.311 e. The van der Waals surface area contributed by atoms with Gasteiger partial charge >= 0.3 is 0 Å². The molecule has 5 heteroatoms. The molecule has 0 bridgehead atoms. The van der Waals surface area contributed by atoms with E-state index in [0.29, 0.717) is 17.1 Å². The second-order valence-corrected chi connectivity index (χ2v) is 6.21. The van der Waals surface area contributed by atoms with Crippen LogP contribution in [0.4, 0.5) is 4.39 Å². The van der Waals surface area contributed by atoms with Crippen LogP contribution < -0.4 is 5.32 Å². The van der Waals surface area contributed by atoms with E-state index in [1.807, 2.05) is 20.2 Å². The molecule has 0 radical (unpaired) electrons. The van der Waals surface area contributed by atoms with Crippen LogP contribution in [0.1, 0.15) is 16.5 Å². The Morgan fingerprint density at radius 3 is 2.70 bits per heavy atom. The standard InChI is InChI=1S/C15H18ClFN2S/c1-19(2)14(15-7-4-8-20-15)10-18-9-11-12(16)5-3-6-13(11)17/h3-8,14,18H,9-10H2,1-2H3. The van der Waals surface area contributed by atoms with E-state index in [-0.39, 0.29) is 11.9 Å². The average molecular weight is 313 g/mol. The number of nitrogens with zero attached hydrogens (tertiary/aromatic N) is 1. The summed E-state index contributed by atoms with van der Waals surface area (Å²) in [6.07, 6.45) is 0. The highest BCUT2D eigenvalue weighted by atomic mass is 35.5. The molecule has 20 heavy (non-hydrogen) atoms. The summed E-state index contributed by atoms with van der Waals surface area (Å²) in [4.78, 5) is 3.45. The van der Waals surface area contributed by atoms with Crippen LogP contribution in [0, 0.1) is 5.82 Å². The van der Waals surface area contributed by atoms with Gasteiger partial charge in [-0.15, -0.1) is 11.3 Å². The van der Waals surface area contributed by atoms with Gasteiger partial charge in [-0.1, -0.05) is 23.7 Å². The average Bonchev–Trinajstić information content (AvgIpc) is 2.90. The predicted octanol–water partition coefficient (Wildman–Crippen LogP) is 3.93. The van der Waals surface area contributed by atoms with Crippen LogP contribution in [0.15, 0.2) is 35.7 Å². The van der Waals surface area contributed by atoms with Gasteiger partial charge in [0, 0.05) is 28.6 Å². The van der Waals surface area contributed by atoms with Crippen LogP contribution in [0.3, 0.4) is 0 Å². The van der Waals surface area contributed by atoms with Gasteiger partial charge in [0.1, 0.15) is 5.82 Å². The van der Waals surface area contributed by atoms with E-state index in [1.54, 1.807) is 23.5 Å². The number of benzene rings is 1. The molecule has 2 nitrogen and oxygen atoms in total. The number of likely N-dealkylation sites (N-methyl/N-ethyl adjacent to an activating group) is 1. The van der Waals surface area contributed by atoms with E-state index in [4.69, 9.17) is 11.6 Å². The summed E-state index contributed by atoms with van der Waals surface area (Å²) in [5, 5.41) is 5.83. The second kappa shape index (κ2) is 7.18. The fourth-order valence-electron chi connectivity index (χ4n) is 2.05. The number of hydrogen-bond acceptors (Lipinski definition) is 3. The number of halogens is 2. The van der Waals surface area contributed by atoms with Gasteiger partial charge in [-0.05, 0) is 37.7 Å². The van der Waals surface area contributed by atoms with E-state index in [0.717, 1.165) is 6.54 Å². The molecule has 0 aliphatic carbocycles. The Kier molecular flexibility index (Phi) is 5.54. The van der Waals surface area contributed by atoms with Crippen molar-refractivity contribution in [2.24, 2.45) is 0 Å². The Morgan fingerprint density at radius 1 is 1.30 bits per heavy atom. The van der Waals surface area contributed by atoms with Crippen molar-refractivity contribution in [3.63, 3.8) is 0 Å². The third kappa shape index (κ3) is 3.79. The van der Waals surface area contributed by atoms with Crippen LogP contribution in [-0.2, 0) is 6.54 Å². The van der Waals surface area contributed by atoms with Crippen molar-refractivity contribution < 1.29 is 4.39 Å². The van der Waals surface area contributed by atoms with Gasteiger partial charge in [-0.3, -0.25) is 0 Å². The Labute approximate surface area is 128 Å². The normalized spacial score (nSPS) is 12.8. The molecule has 0 saturated heterocycles. The summed E-state index contributed by atoms with van der Waals surface area (Å²) < 4.78 is 13.7. The highest BCUT2D eigenvalue weighted by Crippen LogP contribution is 2.23. The van der Waals surface area contributed by atoms with Gasteiger partial charge in [-0.25, -0.2) is 4.39 Å². The van der Waals surface area contributed by atoms with Crippen molar-refractivity contribution >= 4 is 22.9 Å². The SMILES string of the molecule is CN(C)C(CNCc1c(F)cccc1Cl)c1cccs1. The first-order valence-corrected chi connectivity index (χ1v) is 7.68. The quantitative estimate of drug-likeness (QED) is 0.869. The van der Waals surface area contributed by atoms with E-state index in [9.17, 15) is 4.39 Å². The van der Waals surface area contributed by atoms with Crippen LogP contribution in [-0.4, -0.2) is 25.5 Å². The molecule has 1 atom stereocenters. The van der Waals surface area contributed by atoms with Gasteiger partial charge in [-0.2, -0.15) is 0 Å². The first kappa shape index (κ1) is 15.4. The molecule has 108 valence electrons. The van der Waals surface area contributed by atoms with Gasteiger partial charge in [0.05, 0.1) is 6.04 Å². The van der Waals surface area contributed by atoms with Crippen molar-refractivity contribution in [1.29, 1.82) is 0 Å². The van der Waals surface area contributed by atoms with Gasteiger partial charge in [0.15, 0.2) is 0 Å². The lowest BCUT2D eigenvalue weighted by atomic mass is 10.2. The fourth-order valence-corrected chi connectivity index (χ4v) is 3.21. The summed E-state index contributed by atoms with van der Waals surface area (Å²) in [6.45, 7) is 1.18. The Hall–Kier alpha value is -0.940. The number of nitrogens with one attached hydrogen (secondary N) is 1. The van der Waals surface area contributed by atoms with Crippen molar-refractivity contribution in [3.05, 3.63) is 57.0 Å². The summed E-state index contributed by atoms with van der Waals surface area (Å²) >= 11 is 7.75. The molecule has 0 aliphatic heterocycles. The molecule has 1 aromatic carbocycles. The maximum atomic E-state index is 13.7. The molecule has 0 amide bonds. The zero-order chi connectivity index (χ0) is 14.5. The molecule has 2 rings (SSSR count). The smallest absolute Gasteiger partial charge is 0.129 e. The Bertz CT molecular complexity index is 523. The highest BCUT2D eigenvalue weighted by molar-refractivity contribution is 7.10. The largest absolute Gasteiger partial charge is 0.311 e. The monoisotopic (exact) mass is 312 g/mol. The molecule has 2 aromatic rings. The Balaban J connectivity index is 1.97. The van der Waals surface area contributed by atoms with Crippen LogP contribution in [0.25, 0.3) is 0 Å². The van der Waals surface area contributed by atoms with Crippen molar-refractivity contribution in [2.45, 2.75) is 12.6 Å². The first-order valence-electron chi connectivity index (χ1n) is 6.43. The summed E-state index contributed by atoms with van der Waals surface area (Å²) in [6, 6.07) is 9.21. The zero-order valence-electron chi connectivity index (χ0n) is 11.6. The lowest BCUT2D eigenvalue weighted by Crippen LogP contribution is -2.30. The second-order valence-electron chi connectivity index (χ2n) is 4.83. The van der Waals surface area contributed by atoms with Crippen LogP contribution in [0.5, 0.6) is 0 Å². The van der Waals surface area contributed by atoms with E-state index < -0.39 is 0 Å². The van der Waals surface area contributed by atoms with Crippen LogP contribution in [0.2, 0.25) is 5.02 Å². The third-order valence-electron chi connectivity index (χ3n) is 3.20. The maximum absolute atomic E-state index is 13.7. The summed E-state index contributed by atoms with van der Waals surface area (Å²) in [7, 11) is 4.09. The zero-order valence-corrected chi connectivity index (χ0v) is 13.1. The first-order chi connectivity index (χ1) is 9.59. The van der Waals surface area contributed by atoms with Crippen molar-refractivity contribution in [3.8, 4) is 0 Å². The highest BCUT2D eigenvalue weighted by Gasteiger charge is 2.15. The predicted molar refractivity (Wildman–Crippen MR) is 83.9 cm³/mol. The number of hydrogen-bond donors (Lipinski definition) is 1. The molecule has 1 unspecified atom stereocenters. The van der Waals surface area contributed by atoms with E-state index >= 15 is 0 Å². The fraction of sp³-hybridized carbons (Fsp3) is 0.333. The molecule has 1 aromatic heterocycles. The third-order valence-corrected chi connectivity index (χ3v) is 4.52. The van der Waals surface area contributed by atoms with Gasteiger partial charge in [0.25, 0.3) is 0 Å². The van der Waals surface area contributed by atoms with Crippen LogP contribution >= 0.6 is 22.9 Å². The summed E-state index contributed by atoms with van der Waals surface area (Å²) in [5.74, 6) is -0.262. The van der Waals surface area contributed by atoms with E-state index in [1.165, 1.54) is 10.9 Å². The molecular formula is C15H18ClFN2S. The lowest BCUT2D eigenvalue weighted by molar-refractivity contribution is 0.292. The lowest BCUT2D eigenvalue weighted by Gasteiger charge is -2.23. The molecule has 0 spiro atoms.